The lowest BCUT2D eigenvalue weighted by Crippen LogP contribution is -2.43. The molecular formula is C14H21NO2. The molecule has 0 heterocycles. The number of aryl methyl sites for hydroxylation is 2. The smallest absolute Gasteiger partial charge is 0.329 e. The molecule has 1 rings (SSSR count). The fraction of sp³-hybridized carbons (Fsp3) is 0.500. The molecule has 2 N–H and O–H groups in total. The van der Waals surface area contributed by atoms with Gasteiger partial charge in [0.15, 0.2) is 0 Å². The van der Waals surface area contributed by atoms with Gasteiger partial charge >= 0.3 is 5.97 Å². The number of benzene rings is 1. The summed E-state index contributed by atoms with van der Waals surface area (Å²) in [5, 5.41) is 12.5. The van der Waals surface area contributed by atoms with E-state index in [1.54, 1.807) is 6.92 Å². The molecule has 1 atom stereocenters. The van der Waals surface area contributed by atoms with Gasteiger partial charge in [0, 0.05) is 5.69 Å². The first-order chi connectivity index (χ1) is 7.89. The highest BCUT2D eigenvalue weighted by molar-refractivity contribution is 5.82. The van der Waals surface area contributed by atoms with Gasteiger partial charge in [-0.15, -0.1) is 0 Å². The van der Waals surface area contributed by atoms with Crippen molar-refractivity contribution >= 4 is 11.7 Å². The van der Waals surface area contributed by atoms with E-state index in [-0.39, 0.29) is 0 Å². The average molecular weight is 235 g/mol. The largest absolute Gasteiger partial charge is 0.480 e. The van der Waals surface area contributed by atoms with Crippen LogP contribution in [0.2, 0.25) is 0 Å². The van der Waals surface area contributed by atoms with Gasteiger partial charge in [0.1, 0.15) is 5.54 Å². The highest BCUT2D eigenvalue weighted by atomic mass is 16.4. The van der Waals surface area contributed by atoms with Gasteiger partial charge in [0.05, 0.1) is 0 Å². The molecule has 0 fully saturated rings. The molecule has 1 aromatic carbocycles. The second-order valence-electron chi connectivity index (χ2n) is 4.83. The van der Waals surface area contributed by atoms with Crippen LogP contribution in [-0.4, -0.2) is 16.6 Å². The predicted molar refractivity (Wildman–Crippen MR) is 70.5 cm³/mol. The van der Waals surface area contributed by atoms with Crippen LogP contribution in [0.3, 0.4) is 0 Å². The molecule has 0 bridgehead atoms. The Morgan fingerprint density at radius 3 is 2.59 bits per heavy atom. The SMILES string of the molecule is CCCC(C)(Nc1cc(C)ccc1C)C(=O)O. The first kappa shape index (κ1) is 13.6. The second-order valence-corrected chi connectivity index (χ2v) is 4.83. The van der Waals surface area contributed by atoms with Crippen LogP contribution in [0.15, 0.2) is 18.2 Å². The summed E-state index contributed by atoms with van der Waals surface area (Å²) < 4.78 is 0. The Kier molecular flexibility index (Phi) is 4.16. The fourth-order valence-corrected chi connectivity index (χ4v) is 1.89. The van der Waals surface area contributed by atoms with E-state index in [9.17, 15) is 9.90 Å². The number of carboxylic acid groups (broad SMARTS) is 1. The normalized spacial score (nSPS) is 14.1. The monoisotopic (exact) mass is 235 g/mol. The number of hydrogen-bond donors (Lipinski definition) is 2. The Morgan fingerprint density at radius 1 is 1.41 bits per heavy atom. The summed E-state index contributed by atoms with van der Waals surface area (Å²) in [5.41, 5.74) is 2.21. The molecule has 3 heteroatoms. The zero-order valence-corrected chi connectivity index (χ0v) is 11.0. The average Bonchev–Trinajstić information content (AvgIpc) is 2.23. The van der Waals surface area contributed by atoms with Crippen LogP contribution in [0.5, 0.6) is 0 Å². The maximum atomic E-state index is 11.3. The lowest BCUT2D eigenvalue weighted by Gasteiger charge is -2.28. The summed E-state index contributed by atoms with van der Waals surface area (Å²) in [4.78, 5) is 11.3. The van der Waals surface area contributed by atoms with Gasteiger partial charge in [-0.25, -0.2) is 4.79 Å². The van der Waals surface area contributed by atoms with Crippen molar-refractivity contribution in [3.05, 3.63) is 29.3 Å². The Morgan fingerprint density at radius 2 is 2.06 bits per heavy atom. The van der Waals surface area contributed by atoms with Gasteiger partial charge in [0.25, 0.3) is 0 Å². The van der Waals surface area contributed by atoms with Crippen molar-refractivity contribution in [1.82, 2.24) is 0 Å². The van der Waals surface area contributed by atoms with Crippen LogP contribution < -0.4 is 5.32 Å². The van der Waals surface area contributed by atoms with Gasteiger partial charge in [-0.2, -0.15) is 0 Å². The van der Waals surface area contributed by atoms with Gasteiger partial charge < -0.3 is 10.4 Å². The molecule has 1 unspecified atom stereocenters. The highest BCUT2D eigenvalue weighted by Crippen LogP contribution is 2.24. The number of hydrogen-bond acceptors (Lipinski definition) is 2. The molecule has 0 aliphatic carbocycles. The number of carbonyl (C=O) groups is 1. The summed E-state index contributed by atoms with van der Waals surface area (Å²) in [6.07, 6.45) is 1.44. The second kappa shape index (κ2) is 5.21. The molecule has 0 radical (unpaired) electrons. The lowest BCUT2D eigenvalue weighted by atomic mass is 9.95. The van der Waals surface area contributed by atoms with Crippen LogP contribution in [-0.2, 0) is 4.79 Å². The van der Waals surface area contributed by atoms with Crippen LogP contribution in [0.4, 0.5) is 5.69 Å². The predicted octanol–water partition coefficient (Wildman–Crippen LogP) is 3.36. The van der Waals surface area contributed by atoms with Gasteiger partial charge in [-0.3, -0.25) is 0 Å². The zero-order chi connectivity index (χ0) is 13.1. The molecule has 0 saturated carbocycles. The molecule has 17 heavy (non-hydrogen) atoms. The molecule has 3 nitrogen and oxygen atoms in total. The number of aliphatic carboxylic acids is 1. The van der Waals surface area contributed by atoms with E-state index in [4.69, 9.17) is 0 Å². The Balaban J connectivity index is 3.01. The highest BCUT2D eigenvalue weighted by Gasteiger charge is 2.32. The molecule has 0 amide bonds. The van der Waals surface area contributed by atoms with Crippen molar-refractivity contribution in [3.63, 3.8) is 0 Å². The molecule has 0 saturated heterocycles. The molecule has 1 aromatic rings. The van der Waals surface area contributed by atoms with Gasteiger partial charge in [-0.05, 0) is 44.4 Å². The topological polar surface area (TPSA) is 49.3 Å². The number of nitrogens with one attached hydrogen (secondary N) is 1. The van der Waals surface area contributed by atoms with Crippen molar-refractivity contribution in [2.45, 2.75) is 46.1 Å². The lowest BCUT2D eigenvalue weighted by molar-refractivity contribution is -0.141. The number of carboxylic acids is 1. The summed E-state index contributed by atoms with van der Waals surface area (Å²) >= 11 is 0. The van der Waals surface area contributed by atoms with E-state index >= 15 is 0 Å². The zero-order valence-electron chi connectivity index (χ0n) is 11.0. The Hall–Kier alpha value is -1.51. The Labute approximate surface area is 103 Å². The van der Waals surface area contributed by atoms with Crippen LogP contribution in [0, 0.1) is 13.8 Å². The van der Waals surface area contributed by atoms with Crippen molar-refractivity contribution < 1.29 is 9.90 Å². The van der Waals surface area contributed by atoms with E-state index in [0.717, 1.165) is 23.2 Å². The first-order valence-electron chi connectivity index (χ1n) is 5.98. The molecular weight excluding hydrogens is 214 g/mol. The standard InChI is InChI=1S/C14H21NO2/c1-5-8-14(4,13(16)17)15-12-9-10(2)6-7-11(12)3/h6-7,9,15H,5,8H2,1-4H3,(H,16,17). The van der Waals surface area contributed by atoms with E-state index < -0.39 is 11.5 Å². The Bertz CT molecular complexity index is 415. The summed E-state index contributed by atoms with van der Waals surface area (Å²) in [5.74, 6) is -0.805. The third kappa shape index (κ3) is 3.22. The summed E-state index contributed by atoms with van der Waals surface area (Å²) in [7, 11) is 0. The van der Waals surface area contributed by atoms with Crippen LogP contribution in [0.25, 0.3) is 0 Å². The van der Waals surface area contributed by atoms with Crippen LogP contribution >= 0.6 is 0 Å². The number of anilines is 1. The van der Waals surface area contributed by atoms with Crippen molar-refractivity contribution in [1.29, 1.82) is 0 Å². The third-order valence-corrected chi connectivity index (χ3v) is 3.03. The number of rotatable bonds is 5. The molecule has 0 aliphatic heterocycles. The van der Waals surface area contributed by atoms with Crippen LogP contribution in [0.1, 0.15) is 37.8 Å². The van der Waals surface area contributed by atoms with E-state index in [2.05, 4.69) is 5.32 Å². The van der Waals surface area contributed by atoms with E-state index in [1.807, 2.05) is 39.0 Å². The van der Waals surface area contributed by atoms with Crippen molar-refractivity contribution in [2.24, 2.45) is 0 Å². The summed E-state index contributed by atoms with van der Waals surface area (Å²) in [6, 6.07) is 6.02. The molecule has 0 aliphatic rings. The van der Waals surface area contributed by atoms with E-state index in [0.29, 0.717) is 6.42 Å². The van der Waals surface area contributed by atoms with Gasteiger partial charge in [-0.1, -0.05) is 25.5 Å². The maximum absolute atomic E-state index is 11.3. The van der Waals surface area contributed by atoms with Crippen molar-refractivity contribution in [3.8, 4) is 0 Å². The molecule has 0 spiro atoms. The maximum Gasteiger partial charge on any atom is 0.329 e. The minimum atomic E-state index is -0.896. The minimum Gasteiger partial charge on any atom is -0.480 e. The first-order valence-corrected chi connectivity index (χ1v) is 5.98. The van der Waals surface area contributed by atoms with E-state index in [1.165, 1.54) is 0 Å². The molecule has 0 aromatic heterocycles. The van der Waals surface area contributed by atoms with Crippen molar-refractivity contribution in [2.75, 3.05) is 5.32 Å². The minimum absolute atomic E-state index is 0.607. The van der Waals surface area contributed by atoms with Gasteiger partial charge in [0.2, 0.25) is 0 Å². The quantitative estimate of drug-likeness (QED) is 0.822. The third-order valence-electron chi connectivity index (χ3n) is 3.03. The fourth-order valence-electron chi connectivity index (χ4n) is 1.89. The molecule has 94 valence electrons. The summed E-state index contributed by atoms with van der Waals surface area (Å²) in [6.45, 7) is 7.71.